The van der Waals surface area contributed by atoms with Crippen LogP contribution < -0.4 is 4.74 Å². The van der Waals surface area contributed by atoms with Crippen molar-refractivity contribution in [3.05, 3.63) is 77.9 Å². The van der Waals surface area contributed by atoms with Crippen LogP contribution in [0.2, 0.25) is 0 Å². The number of aryl methyl sites for hydroxylation is 2. The van der Waals surface area contributed by atoms with Gasteiger partial charge >= 0.3 is 0 Å². The van der Waals surface area contributed by atoms with Crippen molar-refractivity contribution in [2.24, 2.45) is 5.41 Å². The number of ether oxygens (including phenoxy) is 1. The Morgan fingerprint density at radius 2 is 1.21 bits per heavy atom. The van der Waals surface area contributed by atoms with E-state index in [1.165, 1.54) is 33.4 Å². The standard InChI is InChI=1S/C27H32O/c1-6-21-18-25(16-17-26(21)28-19-27(4,5)7-2)24-14-12-23(13-15-24)22-10-8-20(3)9-11-22/h8-18H,6-7,19H2,1-5H3. The minimum Gasteiger partial charge on any atom is -0.493 e. The van der Waals surface area contributed by atoms with Crippen LogP contribution in [-0.2, 0) is 6.42 Å². The van der Waals surface area contributed by atoms with Crippen LogP contribution in [0, 0.1) is 12.3 Å². The molecule has 28 heavy (non-hydrogen) atoms. The molecule has 0 atom stereocenters. The molecule has 0 unspecified atom stereocenters. The maximum atomic E-state index is 6.16. The molecule has 1 nitrogen and oxygen atoms in total. The van der Waals surface area contributed by atoms with Gasteiger partial charge in [-0.2, -0.15) is 0 Å². The van der Waals surface area contributed by atoms with Crippen LogP contribution in [0.1, 0.15) is 45.2 Å². The van der Waals surface area contributed by atoms with E-state index in [4.69, 9.17) is 4.74 Å². The van der Waals surface area contributed by atoms with Crippen LogP contribution in [0.15, 0.2) is 66.7 Å². The number of hydrogen-bond acceptors (Lipinski definition) is 1. The van der Waals surface area contributed by atoms with Gasteiger partial charge in [0.15, 0.2) is 0 Å². The minimum atomic E-state index is 0.204. The van der Waals surface area contributed by atoms with E-state index in [1.54, 1.807) is 0 Å². The smallest absolute Gasteiger partial charge is 0.122 e. The third-order valence-electron chi connectivity index (χ3n) is 5.62. The highest BCUT2D eigenvalue weighted by Gasteiger charge is 2.17. The highest BCUT2D eigenvalue weighted by atomic mass is 16.5. The van der Waals surface area contributed by atoms with E-state index < -0.39 is 0 Å². The summed E-state index contributed by atoms with van der Waals surface area (Å²) in [5.41, 5.74) is 7.76. The van der Waals surface area contributed by atoms with Gasteiger partial charge in [0.1, 0.15) is 5.75 Å². The molecule has 0 aliphatic heterocycles. The first-order valence-corrected chi connectivity index (χ1v) is 10.3. The second kappa shape index (κ2) is 8.65. The zero-order chi connectivity index (χ0) is 20.1. The molecule has 3 aromatic carbocycles. The SMILES string of the molecule is CCc1cc(-c2ccc(-c3ccc(C)cc3)cc2)ccc1OCC(C)(C)CC. The molecule has 0 aliphatic rings. The monoisotopic (exact) mass is 372 g/mol. The van der Waals surface area contributed by atoms with Crippen LogP contribution in [0.3, 0.4) is 0 Å². The molecule has 0 fully saturated rings. The summed E-state index contributed by atoms with van der Waals surface area (Å²) >= 11 is 0. The molecule has 0 N–H and O–H groups in total. The minimum absolute atomic E-state index is 0.204. The fraction of sp³-hybridized carbons (Fsp3) is 0.333. The molecule has 1 heteroatoms. The summed E-state index contributed by atoms with van der Waals surface area (Å²) in [6.07, 6.45) is 2.08. The molecule has 0 radical (unpaired) electrons. The summed E-state index contributed by atoms with van der Waals surface area (Å²) in [4.78, 5) is 0. The van der Waals surface area contributed by atoms with Crippen molar-refractivity contribution in [1.29, 1.82) is 0 Å². The van der Waals surface area contributed by atoms with E-state index in [0.29, 0.717) is 0 Å². The van der Waals surface area contributed by atoms with Gasteiger partial charge in [-0.1, -0.05) is 87.9 Å². The Bertz CT molecular complexity index is 902. The average Bonchev–Trinajstić information content (AvgIpc) is 2.73. The first kappa shape index (κ1) is 20.2. The van der Waals surface area contributed by atoms with Crippen molar-refractivity contribution < 1.29 is 4.74 Å². The van der Waals surface area contributed by atoms with Crippen molar-refractivity contribution in [1.82, 2.24) is 0 Å². The maximum absolute atomic E-state index is 6.16. The van der Waals surface area contributed by atoms with Gasteiger partial charge in [0.05, 0.1) is 6.61 Å². The van der Waals surface area contributed by atoms with Gasteiger partial charge in [0.25, 0.3) is 0 Å². The quantitative estimate of drug-likeness (QED) is 0.413. The molecule has 3 rings (SSSR count). The summed E-state index contributed by atoms with van der Waals surface area (Å²) in [7, 11) is 0. The summed E-state index contributed by atoms with van der Waals surface area (Å²) in [5, 5.41) is 0. The fourth-order valence-electron chi connectivity index (χ4n) is 3.15. The second-order valence-electron chi connectivity index (χ2n) is 8.43. The van der Waals surface area contributed by atoms with Gasteiger partial charge in [0, 0.05) is 0 Å². The summed E-state index contributed by atoms with van der Waals surface area (Å²) in [6.45, 7) is 11.8. The zero-order valence-corrected chi connectivity index (χ0v) is 17.9. The predicted molar refractivity (Wildman–Crippen MR) is 121 cm³/mol. The molecular formula is C27H32O. The largest absolute Gasteiger partial charge is 0.493 e. The molecule has 0 heterocycles. The third kappa shape index (κ3) is 4.84. The van der Waals surface area contributed by atoms with E-state index in [0.717, 1.165) is 25.2 Å². The van der Waals surface area contributed by atoms with Gasteiger partial charge in [-0.15, -0.1) is 0 Å². The molecule has 3 aromatic rings. The topological polar surface area (TPSA) is 9.23 Å². The first-order valence-electron chi connectivity index (χ1n) is 10.3. The van der Waals surface area contributed by atoms with Crippen molar-refractivity contribution in [2.45, 2.75) is 47.5 Å². The molecule has 0 aromatic heterocycles. The Morgan fingerprint density at radius 1 is 0.714 bits per heavy atom. The van der Waals surface area contributed by atoms with Gasteiger partial charge in [-0.3, -0.25) is 0 Å². The predicted octanol–water partition coefficient (Wildman–Crippen LogP) is 7.71. The van der Waals surface area contributed by atoms with E-state index in [9.17, 15) is 0 Å². The zero-order valence-electron chi connectivity index (χ0n) is 17.9. The molecule has 0 saturated carbocycles. The lowest BCUT2D eigenvalue weighted by molar-refractivity contribution is 0.174. The fourth-order valence-corrected chi connectivity index (χ4v) is 3.15. The first-order chi connectivity index (χ1) is 13.4. The van der Waals surface area contributed by atoms with Crippen LogP contribution >= 0.6 is 0 Å². The molecule has 146 valence electrons. The Balaban J connectivity index is 1.80. The second-order valence-corrected chi connectivity index (χ2v) is 8.43. The van der Waals surface area contributed by atoms with E-state index in [2.05, 4.69) is 101 Å². The van der Waals surface area contributed by atoms with Gasteiger partial charge in [-0.05, 0) is 65.1 Å². The summed E-state index contributed by atoms with van der Waals surface area (Å²) in [5.74, 6) is 1.02. The molecule has 0 amide bonds. The van der Waals surface area contributed by atoms with Crippen molar-refractivity contribution in [3.8, 4) is 28.0 Å². The Hall–Kier alpha value is -2.54. The Labute approximate surface area is 170 Å². The molecule has 0 aliphatic carbocycles. The lowest BCUT2D eigenvalue weighted by Crippen LogP contribution is -2.20. The van der Waals surface area contributed by atoms with E-state index in [-0.39, 0.29) is 5.41 Å². The van der Waals surface area contributed by atoms with Crippen LogP contribution in [0.4, 0.5) is 0 Å². The van der Waals surface area contributed by atoms with E-state index in [1.807, 2.05) is 0 Å². The highest BCUT2D eigenvalue weighted by Crippen LogP contribution is 2.30. The van der Waals surface area contributed by atoms with E-state index >= 15 is 0 Å². The van der Waals surface area contributed by atoms with Crippen molar-refractivity contribution in [3.63, 3.8) is 0 Å². The Kier molecular flexibility index (Phi) is 6.24. The average molecular weight is 373 g/mol. The Morgan fingerprint density at radius 3 is 1.75 bits per heavy atom. The number of benzene rings is 3. The highest BCUT2D eigenvalue weighted by molar-refractivity contribution is 5.71. The van der Waals surface area contributed by atoms with Crippen LogP contribution in [0.25, 0.3) is 22.3 Å². The summed E-state index contributed by atoms with van der Waals surface area (Å²) in [6, 6.07) is 24.1. The lowest BCUT2D eigenvalue weighted by Gasteiger charge is -2.23. The van der Waals surface area contributed by atoms with Crippen molar-refractivity contribution >= 4 is 0 Å². The van der Waals surface area contributed by atoms with Crippen LogP contribution in [0.5, 0.6) is 5.75 Å². The van der Waals surface area contributed by atoms with Gasteiger partial charge < -0.3 is 4.74 Å². The normalized spacial score (nSPS) is 11.5. The summed E-state index contributed by atoms with van der Waals surface area (Å²) < 4.78 is 6.16. The van der Waals surface area contributed by atoms with Gasteiger partial charge in [0.2, 0.25) is 0 Å². The molecule has 0 saturated heterocycles. The number of hydrogen-bond donors (Lipinski definition) is 0. The lowest BCUT2D eigenvalue weighted by atomic mass is 9.91. The molecule has 0 spiro atoms. The molecule has 0 bridgehead atoms. The molecular weight excluding hydrogens is 340 g/mol. The number of rotatable bonds is 7. The van der Waals surface area contributed by atoms with Crippen LogP contribution in [-0.4, -0.2) is 6.61 Å². The van der Waals surface area contributed by atoms with Crippen molar-refractivity contribution in [2.75, 3.05) is 6.61 Å². The van der Waals surface area contributed by atoms with Gasteiger partial charge in [-0.25, -0.2) is 0 Å². The third-order valence-corrected chi connectivity index (χ3v) is 5.62. The maximum Gasteiger partial charge on any atom is 0.122 e.